The molecule has 0 amide bonds. The van der Waals surface area contributed by atoms with Gasteiger partial charge in [-0.05, 0) is 26.7 Å². The maximum Gasteiger partial charge on any atom is 0.158 e. The van der Waals surface area contributed by atoms with Crippen LogP contribution in [0.25, 0.3) is 0 Å². The molecule has 1 heterocycles. The van der Waals surface area contributed by atoms with Crippen molar-refractivity contribution in [3.05, 3.63) is 17.0 Å². The Balaban J connectivity index is 2.17. The Bertz CT molecular complexity index is 422. The zero-order valence-electron chi connectivity index (χ0n) is 12.4. The molecule has 1 saturated carbocycles. The molecular weight excluding hydrogens is 274 g/mol. The highest BCUT2D eigenvalue weighted by Crippen LogP contribution is 2.27. The molecule has 4 nitrogen and oxygen atoms in total. The van der Waals surface area contributed by atoms with Crippen molar-refractivity contribution in [1.29, 1.82) is 0 Å². The zero-order chi connectivity index (χ0) is 14.4. The first kappa shape index (κ1) is 15.5. The number of rotatable bonds is 6. The molecular formula is C15H24ClN3O. The minimum atomic E-state index is 0.423. The minimum Gasteiger partial charge on any atom is -0.374 e. The summed E-state index contributed by atoms with van der Waals surface area (Å²) in [6, 6.07) is 2.45. The summed E-state index contributed by atoms with van der Waals surface area (Å²) in [6.07, 6.45) is 6.47. The second-order valence-electron chi connectivity index (χ2n) is 5.18. The SMILES string of the molecule is CCOCc1nc(Cl)cc(N(CC)C2CCCCC2)n1. The van der Waals surface area contributed by atoms with E-state index in [-0.39, 0.29) is 0 Å². The molecule has 0 bridgehead atoms. The Morgan fingerprint density at radius 1 is 1.25 bits per heavy atom. The van der Waals surface area contributed by atoms with E-state index in [0.717, 1.165) is 12.4 Å². The molecule has 2 rings (SSSR count). The van der Waals surface area contributed by atoms with Crippen LogP contribution in [-0.4, -0.2) is 29.2 Å². The molecule has 1 fully saturated rings. The van der Waals surface area contributed by atoms with E-state index >= 15 is 0 Å². The Kier molecular flexibility index (Phi) is 6.05. The molecule has 0 radical (unpaired) electrons. The van der Waals surface area contributed by atoms with Crippen LogP contribution >= 0.6 is 11.6 Å². The summed E-state index contributed by atoms with van der Waals surface area (Å²) in [4.78, 5) is 11.2. The summed E-state index contributed by atoms with van der Waals surface area (Å²) < 4.78 is 5.39. The molecule has 0 N–H and O–H groups in total. The lowest BCUT2D eigenvalue weighted by molar-refractivity contribution is 0.128. The standard InChI is InChI=1S/C15H24ClN3O/c1-3-19(12-8-6-5-7-9-12)15-10-13(16)17-14(18-15)11-20-4-2/h10,12H,3-9,11H2,1-2H3. The number of halogens is 1. The van der Waals surface area contributed by atoms with Crippen molar-refractivity contribution in [1.82, 2.24) is 9.97 Å². The summed E-state index contributed by atoms with van der Waals surface area (Å²) in [5.74, 6) is 1.61. The van der Waals surface area contributed by atoms with Crippen LogP contribution in [0.5, 0.6) is 0 Å². The van der Waals surface area contributed by atoms with Crippen molar-refractivity contribution in [2.24, 2.45) is 0 Å². The first-order valence-corrected chi connectivity index (χ1v) is 8.00. The van der Waals surface area contributed by atoms with Crippen LogP contribution in [0.1, 0.15) is 51.8 Å². The third-order valence-corrected chi connectivity index (χ3v) is 4.01. The average Bonchev–Trinajstić information content (AvgIpc) is 2.46. The number of hydrogen-bond acceptors (Lipinski definition) is 4. The fourth-order valence-corrected chi connectivity index (χ4v) is 3.05. The van der Waals surface area contributed by atoms with Crippen molar-refractivity contribution in [3.8, 4) is 0 Å². The van der Waals surface area contributed by atoms with Crippen molar-refractivity contribution < 1.29 is 4.74 Å². The molecule has 112 valence electrons. The van der Waals surface area contributed by atoms with Crippen LogP contribution in [0.15, 0.2) is 6.07 Å². The lowest BCUT2D eigenvalue weighted by Gasteiger charge is -2.34. The lowest BCUT2D eigenvalue weighted by atomic mass is 9.94. The number of anilines is 1. The van der Waals surface area contributed by atoms with Gasteiger partial charge in [0.05, 0.1) is 0 Å². The van der Waals surface area contributed by atoms with Gasteiger partial charge in [0, 0.05) is 25.3 Å². The predicted octanol–water partition coefficient (Wildman–Crippen LogP) is 3.83. The van der Waals surface area contributed by atoms with Gasteiger partial charge in [0.25, 0.3) is 0 Å². The molecule has 1 aliphatic carbocycles. The second-order valence-corrected chi connectivity index (χ2v) is 5.57. The van der Waals surface area contributed by atoms with Crippen LogP contribution in [-0.2, 0) is 11.3 Å². The highest BCUT2D eigenvalue weighted by molar-refractivity contribution is 6.29. The van der Waals surface area contributed by atoms with Crippen molar-refractivity contribution >= 4 is 17.4 Å². The van der Waals surface area contributed by atoms with E-state index < -0.39 is 0 Å². The first-order valence-electron chi connectivity index (χ1n) is 7.62. The average molecular weight is 298 g/mol. The highest BCUT2D eigenvalue weighted by atomic mass is 35.5. The molecule has 1 aliphatic rings. The lowest BCUT2D eigenvalue weighted by Crippen LogP contribution is -2.37. The van der Waals surface area contributed by atoms with Gasteiger partial charge in [-0.2, -0.15) is 0 Å². The fourth-order valence-electron chi connectivity index (χ4n) is 2.86. The van der Waals surface area contributed by atoms with Gasteiger partial charge in [-0.25, -0.2) is 9.97 Å². The van der Waals surface area contributed by atoms with Gasteiger partial charge in [-0.3, -0.25) is 0 Å². The van der Waals surface area contributed by atoms with Gasteiger partial charge in [0.15, 0.2) is 5.82 Å². The van der Waals surface area contributed by atoms with Gasteiger partial charge >= 0.3 is 0 Å². The van der Waals surface area contributed by atoms with Gasteiger partial charge < -0.3 is 9.64 Å². The normalized spacial score (nSPS) is 16.4. The van der Waals surface area contributed by atoms with E-state index in [1.54, 1.807) is 0 Å². The van der Waals surface area contributed by atoms with Crippen molar-refractivity contribution in [2.75, 3.05) is 18.1 Å². The van der Waals surface area contributed by atoms with E-state index in [0.29, 0.717) is 30.2 Å². The summed E-state index contributed by atoms with van der Waals surface area (Å²) in [5.41, 5.74) is 0. The number of hydrogen-bond donors (Lipinski definition) is 0. The molecule has 0 atom stereocenters. The van der Waals surface area contributed by atoms with E-state index in [2.05, 4.69) is 21.8 Å². The molecule has 0 saturated heterocycles. The Labute approximate surface area is 126 Å². The zero-order valence-corrected chi connectivity index (χ0v) is 13.2. The fraction of sp³-hybridized carbons (Fsp3) is 0.733. The summed E-state index contributed by atoms with van der Waals surface area (Å²) in [7, 11) is 0. The first-order chi connectivity index (χ1) is 9.74. The predicted molar refractivity (Wildman–Crippen MR) is 82.3 cm³/mol. The third kappa shape index (κ3) is 4.06. The second kappa shape index (κ2) is 7.79. The quantitative estimate of drug-likeness (QED) is 0.748. The van der Waals surface area contributed by atoms with Crippen molar-refractivity contribution in [2.45, 2.75) is 58.6 Å². The van der Waals surface area contributed by atoms with Crippen molar-refractivity contribution in [3.63, 3.8) is 0 Å². The monoisotopic (exact) mass is 297 g/mol. The summed E-state index contributed by atoms with van der Waals surface area (Å²) in [5, 5.41) is 0.499. The number of nitrogens with zero attached hydrogens (tertiary/aromatic N) is 3. The topological polar surface area (TPSA) is 38.2 Å². The van der Waals surface area contributed by atoms with Crippen LogP contribution in [0.2, 0.25) is 5.15 Å². The van der Waals surface area contributed by atoms with Crippen LogP contribution < -0.4 is 4.90 Å². The van der Waals surface area contributed by atoms with Crippen LogP contribution in [0.3, 0.4) is 0 Å². The number of ether oxygens (including phenoxy) is 1. The molecule has 5 heteroatoms. The van der Waals surface area contributed by atoms with E-state index in [1.165, 1.54) is 32.1 Å². The Morgan fingerprint density at radius 2 is 2.00 bits per heavy atom. The third-order valence-electron chi connectivity index (χ3n) is 3.81. The van der Waals surface area contributed by atoms with E-state index in [9.17, 15) is 0 Å². The largest absolute Gasteiger partial charge is 0.374 e. The molecule has 20 heavy (non-hydrogen) atoms. The van der Waals surface area contributed by atoms with Gasteiger partial charge in [-0.15, -0.1) is 0 Å². The van der Waals surface area contributed by atoms with E-state index in [4.69, 9.17) is 16.3 Å². The molecule has 0 spiro atoms. The maximum atomic E-state index is 6.14. The highest BCUT2D eigenvalue weighted by Gasteiger charge is 2.22. The Morgan fingerprint density at radius 3 is 2.65 bits per heavy atom. The smallest absolute Gasteiger partial charge is 0.158 e. The van der Waals surface area contributed by atoms with Gasteiger partial charge in [-0.1, -0.05) is 30.9 Å². The maximum absolute atomic E-state index is 6.14. The van der Waals surface area contributed by atoms with Gasteiger partial charge in [0.2, 0.25) is 0 Å². The summed E-state index contributed by atoms with van der Waals surface area (Å²) >= 11 is 6.14. The Hall–Kier alpha value is -0.870. The summed E-state index contributed by atoms with van der Waals surface area (Å²) in [6.45, 7) is 6.17. The molecule has 1 aromatic heterocycles. The molecule has 0 unspecified atom stereocenters. The van der Waals surface area contributed by atoms with E-state index in [1.807, 2.05) is 13.0 Å². The minimum absolute atomic E-state index is 0.423. The molecule has 0 aliphatic heterocycles. The van der Waals surface area contributed by atoms with Gasteiger partial charge in [0.1, 0.15) is 17.6 Å². The van der Waals surface area contributed by atoms with Crippen LogP contribution in [0.4, 0.5) is 5.82 Å². The molecule has 1 aromatic rings. The molecule has 0 aromatic carbocycles. The van der Waals surface area contributed by atoms with Crippen LogP contribution in [0, 0.1) is 0 Å². The number of aromatic nitrogens is 2.